The first kappa shape index (κ1) is 12.7. The number of ether oxygens (including phenoxy) is 1. The topological polar surface area (TPSA) is 83.8 Å². The highest BCUT2D eigenvalue weighted by molar-refractivity contribution is 7.21. The van der Waals surface area contributed by atoms with Gasteiger partial charge in [-0.1, -0.05) is 11.6 Å². The van der Waals surface area contributed by atoms with Crippen LogP contribution in [-0.2, 0) is 0 Å². The van der Waals surface area contributed by atoms with Crippen LogP contribution in [0.3, 0.4) is 0 Å². The molecule has 2 N–H and O–H groups in total. The van der Waals surface area contributed by atoms with Gasteiger partial charge in [-0.2, -0.15) is 0 Å². The molecular weight excluding hydrogens is 280 g/mol. The summed E-state index contributed by atoms with van der Waals surface area (Å²) in [6.07, 6.45) is 0. The number of carboxylic acid groups (broad SMARTS) is 2. The second-order valence-electron chi connectivity index (χ2n) is 3.37. The van der Waals surface area contributed by atoms with E-state index in [1.165, 1.54) is 19.2 Å². The summed E-state index contributed by atoms with van der Waals surface area (Å²) in [5.41, 5.74) is -0.0859. The van der Waals surface area contributed by atoms with E-state index in [0.29, 0.717) is 10.1 Å². The SMILES string of the molecule is COc1c(C(=O)O)sc2ccc(C(=O)O)c(Cl)c12. The first-order valence-electron chi connectivity index (χ1n) is 4.73. The average Bonchev–Trinajstić information content (AvgIpc) is 2.68. The van der Waals surface area contributed by atoms with Gasteiger partial charge in [-0.05, 0) is 12.1 Å². The second kappa shape index (κ2) is 4.47. The van der Waals surface area contributed by atoms with Gasteiger partial charge in [-0.3, -0.25) is 0 Å². The van der Waals surface area contributed by atoms with Crippen LogP contribution < -0.4 is 4.74 Å². The fraction of sp³-hybridized carbons (Fsp3) is 0.0909. The molecule has 0 aliphatic carbocycles. The van der Waals surface area contributed by atoms with Gasteiger partial charge >= 0.3 is 11.9 Å². The van der Waals surface area contributed by atoms with Crippen molar-refractivity contribution < 1.29 is 24.5 Å². The van der Waals surface area contributed by atoms with Gasteiger partial charge in [0.2, 0.25) is 0 Å². The molecule has 0 saturated carbocycles. The van der Waals surface area contributed by atoms with Gasteiger partial charge in [0.05, 0.1) is 23.1 Å². The number of methoxy groups -OCH3 is 1. The Labute approximate surface area is 110 Å². The lowest BCUT2D eigenvalue weighted by atomic mass is 10.1. The molecule has 0 fully saturated rings. The van der Waals surface area contributed by atoms with E-state index in [0.717, 1.165) is 11.3 Å². The second-order valence-corrected chi connectivity index (χ2v) is 4.81. The van der Waals surface area contributed by atoms with Gasteiger partial charge in [0.25, 0.3) is 0 Å². The van der Waals surface area contributed by atoms with E-state index in [2.05, 4.69) is 0 Å². The molecule has 0 atom stereocenters. The third-order valence-corrected chi connectivity index (χ3v) is 3.89. The third kappa shape index (κ3) is 1.79. The minimum atomic E-state index is -1.17. The molecule has 1 aromatic carbocycles. The largest absolute Gasteiger partial charge is 0.494 e. The van der Waals surface area contributed by atoms with Crippen LogP contribution >= 0.6 is 22.9 Å². The van der Waals surface area contributed by atoms with Crippen LogP contribution in [0, 0.1) is 0 Å². The molecule has 5 nitrogen and oxygen atoms in total. The van der Waals surface area contributed by atoms with Gasteiger partial charge < -0.3 is 14.9 Å². The van der Waals surface area contributed by atoms with Crippen molar-refractivity contribution in [3.8, 4) is 5.75 Å². The summed E-state index contributed by atoms with van der Waals surface area (Å²) in [6.45, 7) is 0. The zero-order valence-corrected chi connectivity index (χ0v) is 10.6. The molecule has 0 aliphatic heterocycles. The Kier molecular flexibility index (Phi) is 3.14. The van der Waals surface area contributed by atoms with Crippen LogP contribution in [0.1, 0.15) is 20.0 Å². The van der Waals surface area contributed by atoms with Crippen molar-refractivity contribution in [3.63, 3.8) is 0 Å². The molecular formula is C11H7ClO5S. The monoisotopic (exact) mass is 286 g/mol. The molecule has 1 aromatic heterocycles. The standard InChI is InChI=1S/C11H7ClO5S/c1-17-8-6-5(18-9(8)11(15)16)3-2-4(7(6)12)10(13)14/h2-3H,1H3,(H,13,14)(H,15,16). The number of hydrogen-bond donors (Lipinski definition) is 2. The van der Waals surface area contributed by atoms with E-state index in [1.807, 2.05) is 0 Å². The summed E-state index contributed by atoms with van der Waals surface area (Å²) in [5, 5.41) is 18.3. The lowest BCUT2D eigenvalue weighted by Crippen LogP contribution is -1.98. The summed E-state index contributed by atoms with van der Waals surface area (Å²) in [6, 6.07) is 2.86. The van der Waals surface area contributed by atoms with Gasteiger partial charge in [0, 0.05) is 4.70 Å². The number of carbonyl (C=O) groups is 2. The number of rotatable bonds is 3. The molecule has 18 heavy (non-hydrogen) atoms. The average molecular weight is 287 g/mol. The Morgan fingerprint density at radius 2 is 1.94 bits per heavy atom. The quantitative estimate of drug-likeness (QED) is 0.906. The molecule has 0 spiro atoms. The van der Waals surface area contributed by atoms with E-state index in [-0.39, 0.29) is 21.2 Å². The Bertz CT molecular complexity index is 661. The van der Waals surface area contributed by atoms with E-state index >= 15 is 0 Å². The van der Waals surface area contributed by atoms with Crippen LogP contribution in [0.4, 0.5) is 0 Å². The van der Waals surface area contributed by atoms with Crippen LogP contribution in [0.5, 0.6) is 5.75 Å². The fourth-order valence-electron chi connectivity index (χ4n) is 1.63. The molecule has 94 valence electrons. The number of fused-ring (bicyclic) bond motifs is 1. The number of benzene rings is 1. The van der Waals surface area contributed by atoms with E-state index < -0.39 is 11.9 Å². The number of halogens is 1. The molecule has 0 bridgehead atoms. The van der Waals surface area contributed by atoms with Crippen molar-refractivity contribution >= 4 is 45.0 Å². The van der Waals surface area contributed by atoms with Crippen LogP contribution in [0.2, 0.25) is 5.02 Å². The van der Waals surface area contributed by atoms with Crippen molar-refractivity contribution in [2.24, 2.45) is 0 Å². The number of hydrogen-bond acceptors (Lipinski definition) is 4. The highest BCUT2D eigenvalue weighted by atomic mass is 35.5. The third-order valence-electron chi connectivity index (χ3n) is 2.38. The first-order valence-corrected chi connectivity index (χ1v) is 5.92. The number of thiophene rings is 1. The molecule has 0 saturated heterocycles. The van der Waals surface area contributed by atoms with E-state index in [9.17, 15) is 9.59 Å². The number of carboxylic acids is 2. The summed E-state index contributed by atoms with van der Waals surface area (Å²) >= 11 is 6.98. The van der Waals surface area contributed by atoms with E-state index in [1.54, 1.807) is 0 Å². The van der Waals surface area contributed by atoms with Gasteiger partial charge in [0.1, 0.15) is 0 Å². The van der Waals surface area contributed by atoms with Crippen molar-refractivity contribution in [1.82, 2.24) is 0 Å². The predicted molar refractivity (Wildman–Crippen MR) is 67.3 cm³/mol. The van der Waals surface area contributed by atoms with Crippen molar-refractivity contribution in [2.75, 3.05) is 7.11 Å². The first-order chi connectivity index (χ1) is 8.47. The van der Waals surface area contributed by atoms with Gasteiger partial charge in [-0.15, -0.1) is 11.3 Å². The molecule has 0 amide bonds. The highest BCUT2D eigenvalue weighted by Gasteiger charge is 2.23. The zero-order chi connectivity index (χ0) is 13.4. The highest BCUT2D eigenvalue weighted by Crippen LogP contribution is 2.42. The van der Waals surface area contributed by atoms with Crippen LogP contribution in [-0.4, -0.2) is 29.3 Å². The molecule has 2 rings (SSSR count). The maximum Gasteiger partial charge on any atom is 0.349 e. The van der Waals surface area contributed by atoms with Crippen molar-refractivity contribution in [3.05, 3.63) is 27.6 Å². The predicted octanol–water partition coefficient (Wildman–Crippen LogP) is 2.96. The van der Waals surface area contributed by atoms with Crippen LogP contribution in [0.25, 0.3) is 10.1 Å². The maximum atomic E-state index is 11.1. The Morgan fingerprint density at radius 3 is 2.44 bits per heavy atom. The lowest BCUT2D eigenvalue weighted by molar-refractivity contribution is 0.0687. The smallest absolute Gasteiger partial charge is 0.349 e. The normalized spacial score (nSPS) is 10.6. The minimum absolute atomic E-state index is 0.00283. The van der Waals surface area contributed by atoms with Gasteiger partial charge in [0.15, 0.2) is 10.6 Å². The maximum absolute atomic E-state index is 11.1. The Hall–Kier alpha value is -1.79. The molecule has 0 aliphatic rings. The summed E-state index contributed by atoms with van der Waals surface area (Å²) in [5.74, 6) is -2.22. The van der Waals surface area contributed by atoms with E-state index in [4.69, 9.17) is 26.6 Å². The molecule has 2 aromatic rings. The number of aromatic carboxylic acids is 2. The molecule has 0 radical (unpaired) electrons. The Morgan fingerprint density at radius 1 is 1.28 bits per heavy atom. The summed E-state index contributed by atoms with van der Waals surface area (Å²) in [7, 11) is 1.32. The van der Waals surface area contributed by atoms with Gasteiger partial charge in [-0.25, -0.2) is 9.59 Å². The lowest BCUT2D eigenvalue weighted by Gasteiger charge is -2.03. The van der Waals surface area contributed by atoms with Crippen molar-refractivity contribution in [2.45, 2.75) is 0 Å². The Balaban J connectivity index is 2.87. The summed E-state index contributed by atoms with van der Waals surface area (Å²) in [4.78, 5) is 22.0. The van der Waals surface area contributed by atoms with Crippen LogP contribution in [0.15, 0.2) is 12.1 Å². The minimum Gasteiger partial charge on any atom is -0.494 e. The zero-order valence-electron chi connectivity index (χ0n) is 9.06. The molecule has 1 heterocycles. The molecule has 0 unspecified atom stereocenters. The molecule has 7 heteroatoms. The summed E-state index contributed by atoms with van der Waals surface area (Å²) < 4.78 is 5.60. The van der Waals surface area contributed by atoms with Crippen molar-refractivity contribution in [1.29, 1.82) is 0 Å². The fourth-order valence-corrected chi connectivity index (χ4v) is 3.03.